The van der Waals surface area contributed by atoms with Crippen molar-refractivity contribution in [2.45, 2.75) is 19.8 Å². The fourth-order valence-electron chi connectivity index (χ4n) is 1.22. The van der Waals surface area contributed by atoms with Crippen molar-refractivity contribution in [3.63, 3.8) is 0 Å². The van der Waals surface area contributed by atoms with Gasteiger partial charge in [-0.15, -0.1) is 0 Å². The Morgan fingerprint density at radius 3 is 2.73 bits per heavy atom. The minimum Gasteiger partial charge on any atom is -0.468 e. The van der Waals surface area contributed by atoms with Crippen LogP contribution >= 0.6 is 0 Å². The van der Waals surface area contributed by atoms with Gasteiger partial charge in [0.2, 0.25) is 5.91 Å². The Hall–Kier alpha value is -1.78. The molecule has 0 spiro atoms. The molecule has 0 fully saturated rings. The first-order chi connectivity index (χ1) is 7.02. The summed E-state index contributed by atoms with van der Waals surface area (Å²) in [7, 11) is 0. The molecule has 1 rings (SSSR count). The monoisotopic (exact) mass is 210 g/mol. The molecule has 1 aromatic rings. The second kappa shape index (κ2) is 4.63. The van der Waals surface area contributed by atoms with E-state index < -0.39 is 5.91 Å². The van der Waals surface area contributed by atoms with Gasteiger partial charge in [-0.2, -0.15) is 0 Å². The highest BCUT2D eigenvalue weighted by atomic mass is 16.3. The van der Waals surface area contributed by atoms with Gasteiger partial charge in [0.25, 0.3) is 5.91 Å². The van der Waals surface area contributed by atoms with E-state index in [0.717, 1.165) is 0 Å². The number of furan rings is 1. The van der Waals surface area contributed by atoms with Crippen molar-refractivity contribution < 1.29 is 14.0 Å². The number of primary amides is 1. The number of hydrogen-bond donors (Lipinski definition) is 2. The van der Waals surface area contributed by atoms with Crippen molar-refractivity contribution in [1.82, 2.24) is 5.32 Å². The lowest BCUT2D eigenvalue weighted by atomic mass is 10.1. The first-order valence-electron chi connectivity index (χ1n) is 4.66. The minimum absolute atomic E-state index is 0.120. The zero-order valence-corrected chi connectivity index (χ0v) is 8.74. The number of nitrogens with one attached hydrogen (secondary N) is 1. The van der Waals surface area contributed by atoms with Crippen LogP contribution in [0, 0.1) is 0 Å². The maximum Gasteiger partial charge on any atom is 0.255 e. The van der Waals surface area contributed by atoms with E-state index in [2.05, 4.69) is 5.32 Å². The fraction of sp³-hybridized carbons (Fsp3) is 0.400. The highest BCUT2D eigenvalue weighted by Crippen LogP contribution is 2.20. The molecule has 3 N–H and O–H groups in total. The third-order valence-corrected chi connectivity index (χ3v) is 1.89. The molecule has 0 aromatic carbocycles. The first-order valence-corrected chi connectivity index (χ1v) is 4.66. The van der Waals surface area contributed by atoms with Gasteiger partial charge >= 0.3 is 0 Å². The second-order valence-electron chi connectivity index (χ2n) is 3.50. The lowest BCUT2D eigenvalue weighted by molar-refractivity contribution is -0.117. The average Bonchev–Trinajstić information content (AvgIpc) is 2.62. The van der Waals surface area contributed by atoms with E-state index in [0.29, 0.717) is 11.3 Å². The molecule has 0 saturated carbocycles. The summed E-state index contributed by atoms with van der Waals surface area (Å²) >= 11 is 0. The summed E-state index contributed by atoms with van der Waals surface area (Å²) in [6.07, 6.45) is 1.45. The van der Waals surface area contributed by atoms with Crippen molar-refractivity contribution in [3.05, 3.63) is 23.7 Å². The van der Waals surface area contributed by atoms with Crippen LogP contribution in [0.3, 0.4) is 0 Å². The van der Waals surface area contributed by atoms with E-state index in [4.69, 9.17) is 10.2 Å². The van der Waals surface area contributed by atoms with Gasteiger partial charge in [0.15, 0.2) is 0 Å². The molecule has 2 amide bonds. The molecule has 0 atom stereocenters. The Kier molecular flexibility index (Phi) is 3.49. The molecule has 5 heteroatoms. The maximum atomic E-state index is 11.6. The maximum absolute atomic E-state index is 11.6. The summed E-state index contributed by atoms with van der Waals surface area (Å²) in [5.74, 6) is -0.185. The topological polar surface area (TPSA) is 85.3 Å². The molecule has 0 aliphatic carbocycles. The third kappa shape index (κ3) is 2.83. The lowest BCUT2D eigenvalue weighted by Crippen LogP contribution is -2.33. The number of nitrogens with two attached hydrogens (primary N) is 1. The molecule has 0 saturated heterocycles. The molecular formula is C10H14N2O3. The molecule has 0 aliphatic rings. The Labute approximate surface area is 87.6 Å². The number of rotatable bonds is 4. The third-order valence-electron chi connectivity index (χ3n) is 1.89. The standard InChI is InChI=1S/C10H14N2O3/c1-6(2)9-7(3-4-15-9)10(14)12-5-8(11)13/h3-4,6H,5H2,1-2H3,(H2,11,13)(H,12,14). The summed E-state index contributed by atoms with van der Waals surface area (Å²) in [6, 6.07) is 1.58. The summed E-state index contributed by atoms with van der Waals surface area (Å²) in [5, 5.41) is 2.41. The highest BCUT2D eigenvalue weighted by Gasteiger charge is 2.16. The predicted molar refractivity (Wildman–Crippen MR) is 54.3 cm³/mol. The predicted octanol–water partition coefficient (Wildman–Crippen LogP) is 0.618. The van der Waals surface area contributed by atoms with Gasteiger partial charge in [0.1, 0.15) is 5.76 Å². The van der Waals surface area contributed by atoms with Crippen LogP contribution in [0.4, 0.5) is 0 Å². The van der Waals surface area contributed by atoms with E-state index in [9.17, 15) is 9.59 Å². The van der Waals surface area contributed by atoms with Gasteiger partial charge in [-0.1, -0.05) is 13.8 Å². The van der Waals surface area contributed by atoms with E-state index in [-0.39, 0.29) is 18.4 Å². The molecule has 0 aliphatic heterocycles. The van der Waals surface area contributed by atoms with Crippen molar-refractivity contribution in [3.8, 4) is 0 Å². The molecule has 0 radical (unpaired) electrons. The summed E-state index contributed by atoms with van der Waals surface area (Å²) in [5.41, 5.74) is 5.37. The highest BCUT2D eigenvalue weighted by molar-refractivity contribution is 5.97. The number of amides is 2. The van der Waals surface area contributed by atoms with E-state index in [1.54, 1.807) is 6.07 Å². The van der Waals surface area contributed by atoms with Crippen molar-refractivity contribution in [2.24, 2.45) is 5.73 Å². The summed E-state index contributed by atoms with van der Waals surface area (Å²) in [4.78, 5) is 22.0. The summed E-state index contributed by atoms with van der Waals surface area (Å²) < 4.78 is 5.18. The zero-order valence-electron chi connectivity index (χ0n) is 8.74. The molecular weight excluding hydrogens is 196 g/mol. The van der Waals surface area contributed by atoms with Crippen LogP contribution in [0.2, 0.25) is 0 Å². The van der Waals surface area contributed by atoms with E-state index in [1.165, 1.54) is 6.26 Å². The molecule has 1 aromatic heterocycles. The van der Waals surface area contributed by atoms with Gasteiger partial charge in [0, 0.05) is 5.92 Å². The molecule has 15 heavy (non-hydrogen) atoms. The van der Waals surface area contributed by atoms with Gasteiger partial charge in [0.05, 0.1) is 18.4 Å². The van der Waals surface area contributed by atoms with Gasteiger partial charge < -0.3 is 15.5 Å². The van der Waals surface area contributed by atoms with Crippen molar-refractivity contribution in [2.75, 3.05) is 6.54 Å². The fourth-order valence-corrected chi connectivity index (χ4v) is 1.22. The molecule has 0 bridgehead atoms. The zero-order chi connectivity index (χ0) is 11.4. The van der Waals surface area contributed by atoms with Crippen LogP contribution in [0.5, 0.6) is 0 Å². The van der Waals surface area contributed by atoms with Crippen LogP contribution in [-0.4, -0.2) is 18.4 Å². The SMILES string of the molecule is CC(C)c1occc1C(=O)NCC(N)=O. The Morgan fingerprint density at radius 1 is 1.53 bits per heavy atom. The van der Waals surface area contributed by atoms with Gasteiger partial charge in [-0.3, -0.25) is 9.59 Å². The Morgan fingerprint density at radius 2 is 2.20 bits per heavy atom. The summed E-state index contributed by atoms with van der Waals surface area (Å²) in [6.45, 7) is 3.68. The smallest absolute Gasteiger partial charge is 0.255 e. The van der Waals surface area contributed by atoms with Crippen LogP contribution in [0.25, 0.3) is 0 Å². The van der Waals surface area contributed by atoms with Crippen LogP contribution in [-0.2, 0) is 4.79 Å². The second-order valence-corrected chi connectivity index (χ2v) is 3.50. The van der Waals surface area contributed by atoms with Gasteiger partial charge in [-0.05, 0) is 6.07 Å². The number of hydrogen-bond acceptors (Lipinski definition) is 3. The Bertz CT molecular complexity index is 368. The molecule has 82 valence electrons. The number of carbonyl (C=O) groups excluding carboxylic acids is 2. The normalized spacial score (nSPS) is 10.3. The molecule has 5 nitrogen and oxygen atoms in total. The average molecular weight is 210 g/mol. The quantitative estimate of drug-likeness (QED) is 0.763. The lowest BCUT2D eigenvalue weighted by Gasteiger charge is -2.05. The van der Waals surface area contributed by atoms with Crippen LogP contribution in [0.1, 0.15) is 35.9 Å². The van der Waals surface area contributed by atoms with E-state index >= 15 is 0 Å². The minimum atomic E-state index is -0.571. The molecule has 0 unspecified atom stereocenters. The number of carbonyl (C=O) groups is 2. The van der Waals surface area contributed by atoms with Gasteiger partial charge in [-0.25, -0.2) is 0 Å². The van der Waals surface area contributed by atoms with Crippen LogP contribution < -0.4 is 11.1 Å². The first kappa shape index (κ1) is 11.3. The van der Waals surface area contributed by atoms with Crippen LogP contribution in [0.15, 0.2) is 16.7 Å². The van der Waals surface area contributed by atoms with E-state index in [1.807, 2.05) is 13.8 Å². The largest absolute Gasteiger partial charge is 0.468 e. The van der Waals surface area contributed by atoms with Crippen molar-refractivity contribution >= 4 is 11.8 Å². The molecule has 1 heterocycles. The van der Waals surface area contributed by atoms with Crippen molar-refractivity contribution in [1.29, 1.82) is 0 Å². The Balaban J connectivity index is 2.73.